The molecular formula is C23H24F3N7O2. The van der Waals surface area contributed by atoms with Crippen LogP contribution in [0.3, 0.4) is 0 Å². The van der Waals surface area contributed by atoms with Crippen molar-refractivity contribution in [1.82, 2.24) is 30.4 Å². The maximum absolute atomic E-state index is 13.9. The molecular weight excluding hydrogens is 463 g/mol. The number of hydrogen-bond acceptors (Lipinski definition) is 8. The van der Waals surface area contributed by atoms with Gasteiger partial charge in [-0.3, -0.25) is 0 Å². The molecule has 1 fully saturated rings. The molecule has 184 valence electrons. The summed E-state index contributed by atoms with van der Waals surface area (Å²) in [5.41, 5.74) is 1.59. The molecule has 35 heavy (non-hydrogen) atoms. The molecule has 0 bridgehead atoms. The molecule has 0 radical (unpaired) electrons. The highest BCUT2D eigenvalue weighted by molar-refractivity contribution is 5.94. The van der Waals surface area contributed by atoms with E-state index in [0.29, 0.717) is 34.7 Å². The van der Waals surface area contributed by atoms with Gasteiger partial charge in [0, 0.05) is 37.0 Å². The number of H-pyrrole nitrogens is 1. The van der Waals surface area contributed by atoms with Crippen LogP contribution in [0.15, 0.2) is 29.0 Å². The fourth-order valence-corrected chi connectivity index (χ4v) is 4.48. The van der Waals surface area contributed by atoms with Crippen LogP contribution in [-0.4, -0.2) is 57.4 Å². The lowest BCUT2D eigenvalue weighted by Crippen LogP contribution is -2.49. The van der Waals surface area contributed by atoms with Gasteiger partial charge in [0.2, 0.25) is 5.95 Å². The quantitative estimate of drug-likeness (QED) is 0.386. The number of nitrogens with one attached hydrogen (secondary N) is 3. The van der Waals surface area contributed by atoms with Crippen LogP contribution in [0.1, 0.15) is 23.4 Å². The Morgan fingerprint density at radius 2 is 2.03 bits per heavy atom. The van der Waals surface area contributed by atoms with Gasteiger partial charge >= 0.3 is 6.18 Å². The molecule has 2 atom stereocenters. The van der Waals surface area contributed by atoms with Crippen LogP contribution in [0.25, 0.3) is 33.5 Å². The van der Waals surface area contributed by atoms with Crippen LogP contribution >= 0.6 is 0 Å². The number of pyridine rings is 1. The number of halogens is 3. The third-order valence-electron chi connectivity index (χ3n) is 6.21. The minimum atomic E-state index is -4.64. The molecule has 0 unspecified atom stereocenters. The van der Waals surface area contributed by atoms with E-state index in [1.54, 1.807) is 33.1 Å². The summed E-state index contributed by atoms with van der Waals surface area (Å²) in [6, 6.07) is 3.27. The summed E-state index contributed by atoms with van der Waals surface area (Å²) in [5.74, 6) is 0.706. The van der Waals surface area contributed by atoms with Gasteiger partial charge in [0.1, 0.15) is 17.0 Å². The molecule has 9 nitrogen and oxygen atoms in total. The largest absolute Gasteiger partial charge is 0.419 e. The molecule has 0 amide bonds. The van der Waals surface area contributed by atoms with E-state index in [-0.39, 0.29) is 29.4 Å². The zero-order chi connectivity index (χ0) is 24.7. The van der Waals surface area contributed by atoms with E-state index < -0.39 is 11.7 Å². The summed E-state index contributed by atoms with van der Waals surface area (Å²) < 4.78 is 52.5. The average molecular weight is 487 g/mol. The maximum Gasteiger partial charge on any atom is 0.419 e. The third kappa shape index (κ3) is 4.34. The van der Waals surface area contributed by atoms with Gasteiger partial charge in [-0.25, -0.2) is 15.0 Å². The SMILES string of the molecule is CO[C@@H]1CCNC[C@H]1Nc1ncc(C(F)(F)F)c(-c2c[nH]c3nc(-c4c(C)noc4C)ccc23)n1. The summed E-state index contributed by atoms with van der Waals surface area (Å²) in [6.45, 7) is 4.97. The first-order chi connectivity index (χ1) is 16.8. The van der Waals surface area contributed by atoms with E-state index >= 15 is 0 Å². The Kier molecular flexibility index (Phi) is 5.93. The molecule has 0 spiro atoms. The number of aryl methyl sites for hydroxylation is 2. The Morgan fingerprint density at radius 3 is 2.74 bits per heavy atom. The summed E-state index contributed by atoms with van der Waals surface area (Å²) in [5, 5.41) is 10.8. The Bertz CT molecular complexity index is 1350. The second-order valence-electron chi connectivity index (χ2n) is 8.47. The average Bonchev–Trinajstić information content (AvgIpc) is 3.40. The molecule has 4 aromatic heterocycles. The predicted molar refractivity (Wildman–Crippen MR) is 123 cm³/mol. The van der Waals surface area contributed by atoms with Crippen molar-refractivity contribution in [3.63, 3.8) is 0 Å². The Morgan fingerprint density at radius 1 is 1.20 bits per heavy atom. The van der Waals surface area contributed by atoms with Gasteiger partial charge in [-0.2, -0.15) is 13.2 Å². The van der Waals surface area contributed by atoms with Crippen LogP contribution in [0.5, 0.6) is 0 Å². The van der Waals surface area contributed by atoms with Gasteiger partial charge in [-0.1, -0.05) is 5.16 Å². The Balaban J connectivity index is 1.57. The molecule has 0 saturated carbocycles. The van der Waals surface area contributed by atoms with Crippen molar-refractivity contribution in [3.8, 4) is 22.5 Å². The van der Waals surface area contributed by atoms with Gasteiger partial charge in [0.25, 0.3) is 0 Å². The highest BCUT2D eigenvalue weighted by Crippen LogP contribution is 2.39. The number of aromatic amines is 1. The summed E-state index contributed by atoms with van der Waals surface area (Å²) in [6.07, 6.45) is -1.68. The lowest BCUT2D eigenvalue weighted by molar-refractivity contribution is -0.137. The maximum atomic E-state index is 13.9. The molecule has 5 heterocycles. The number of ether oxygens (including phenoxy) is 1. The lowest BCUT2D eigenvalue weighted by Gasteiger charge is -2.31. The zero-order valence-electron chi connectivity index (χ0n) is 19.3. The first-order valence-corrected chi connectivity index (χ1v) is 11.1. The fraction of sp³-hybridized carbons (Fsp3) is 0.391. The monoisotopic (exact) mass is 487 g/mol. The molecule has 3 N–H and O–H groups in total. The molecule has 1 saturated heterocycles. The number of rotatable bonds is 5. The second kappa shape index (κ2) is 8.93. The summed E-state index contributed by atoms with van der Waals surface area (Å²) in [4.78, 5) is 15.8. The van der Waals surface area contributed by atoms with E-state index in [9.17, 15) is 13.2 Å². The van der Waals surface area contributed by atoms with Crippen molar-refractivity contribution in [2.45, 2.75) is 38.6 Å². The number of methoxy groups -OCH3 is 1. The number of anilines is 1. The number of hydrogen-bond donors (Lipinski definition) is 3. The lowest BCUT2D eigenvalue weighted by atomic mass is 10.0. The van der Waals surface area contributed by atoms with Crippen molar-refractivity contribution in [2.24, 2.45) is 0 Å². The highest BCUT2D eigenvalue weighted by Gasteiger charge is 2.36. The van der Waals surface area contributed by atoms with Crippen molar-refractivity contribution < 1.29 is 22.4 Å². The number of aromatic nitrogens is 5. The number of nitrogens with zero attached hydrogens (tertiary/aromatic N) is 4. The van der Waals surface area contributed by atoms with Gasteiger partial charge < -0.3 is 24.9 Å². The first-order valence-electron chi connectivity index (χ1n) is 11.1. The van der Waals surface area contributed by atoms with Gasteiger partial charge in [-0.15, -0.1) is 0 Å². The third-order valence-corrected chi connectivity index (χ3v) is 6.21. The minimum Gasteiger partial charge on any atom is -0.379 e. The highest BCUT2D eigenvalue weighted by atomic mass is 19.4. The standard InChI is InChI=1S/C23H24F3N7O2/c1-11-19(12(2)35-33-11)16-5-4-13-14(8-28-21(13)30-16)20-15(23(24,25)26)9-29-22(32-20)31-17-10-27-7-6-18(17)34-3/h4-5,8-9,17-18,27H,6-7,10H2,1-3H3,(H,28,30)(H,29,31,32)/t17-,18-/m1/s1. The Hall–Kier alpha value is -3.51. The van der Waals surface area contributed by atoms with Gasteiger partial charge in [0.05, 0.1) is 34.8 Å². The minimum absolute atomic E-state index is 0.0957. The molecule has 5 rings (SSSR count). The number of piperidine rings is 1. The molecule has 4 aromatic rings. The van der Waals surface area contributed by atoms with E-state index in [1.807, 2.05) is 0 Å². The molecule has 1 aliphatic heterocycles. The van der Waals surface area contributed by atoms with Crippen molar-refractivity contribution in [2.75, 3.05) is 25.5 Å². The van der Waals surface area contributed by atoms with Crippen LogP contribution in [0, 0.1) is 13.8 Å². The smallest absolute Gasteiger partial charge is 0.379 e. The normalized spacial score (nSPS) is 18.8. The van der Waals surface area contributed by atoms with Crippen molar-refractivity contribution in [1.29, 1.82) is 0 Å². The second-order valence-corrected chi connectivity index (χ2v) is 8.47. The topological polar surface area (TPSA) is 114 Å². The summed E-state index contributed by atoms with van der Waals surface area (Å²) >= 11 is 0. The van der Waals surface area contributed by atoms with E-state index in [2.05, 4.69) is 35.7 Å². The molecule has 12 heteroatoms. The van der Waals surface area contributed by atoms with Gasteiger partial charge in [-0.05, 0) is 38.9 Å². The predicted octanol–water partition coefficient (Wildman–Crippen LogP) is 4.10. The van der Waals surface area contributed by atoms with Crippen LogP contribution in [-0.2, 0) is 10.9 Å². The van der Waals surface area contributed by atoms with Crippen LogP contribution < -0.4 is 10.6 Å². The molecule has 0 aromatic carbocycles. The summed E-state index contributed by atoms with van der Waals surface area (Å²) in [7, 11) is 1.61. The zero-order valence-corrected chi connectivity index (χ0v) is 19.3. The Labute approximate surface area is 198 Å². The number of fused-ring (bicyclic) bond motifs is 1. The van der Waals surface area contributed by atoms with Crippen molar-refractivity contribution >= 4 is 17.0 Å². The number of alkyl halides is 3. The van der Waals surface area contributed by atoms with Crippen LogP contribution in [0.4, 0.5) is 19.1 Å². The van der Waals surface area contributed by atoms with E-state index in [1.165, 1.54) is 6.20 Å². The first kappa shape index (κ1) is 23.2. The van der Waals surface area contributed by atoms with E-state index in [4.69, 9.17) is 9.26 Å². The molecule has 0 aliphatic carbocycles. The van der Waals surface area contributed by atoms with Gasteiger partial charge in [0.15, 0.2) is 0 Å². The van der Waals surface area contributed by atoms with Crippen molar-refractivity contribution in [3.05, 3.63) is 41.5 Å². The van der Waals surface area contributed by atoms with E-state index in [0.717, 1.165) is 24.7 Å². The fourth-order valence-electron chi connectivity index (χ4n) is 4.48. The molecule has 1 aliphatic rings. The van der Waals surface area contributed by atoms with Crippen LogP contribution in [0.2, 0.25) is 0 Å².